The van der Waals surface area contributed by atoms with Gasteiger partial charge in [0.25, 0.3) is 0 Å². The van der Waals surface area contributed by atoms with Crippen molar-refractivity contribution in [3.05, 3.63) is 24.3 Å². The van der Waals surface area contributed by atoms with Gasteiger partial charge < -0.3 is 5.43 Å². The van der Waals surface area contributed by atoms with Crippen LogP contribution in [0.1, 0.15) is 39.0 Å². The summed E-state index contributed by atoms with van der Waals surface area (Å²) < 4.78 is 27.2. The molecule has 0 aliphatic heterocycles. The maximum absolute atomic E-state index is 12.2. The van der Waals surface area contributed by atoms with E-state index >= 15 is 0 Å². The number of sulfonamides is 1. The fourth-order valence-corrected chi connectivity index (χ4v) is 4.00. The van der Waals surface area contributed by atoms with Gasteiger partial charge in [0.15, 0.2) is 0 Å². The number of hydrogen-bond donors (Lipinski definition) is 3. The fraction of sp³-hybridized carbons (Fsp3) is 0.600. The molecule has 4 N–H and O–H groups in total. The van der Waals surface area contributed by atoms with Gasteiger partial charge in [0, 0.05) is 12.2 Å². The largest absolute Gasteiger partial charge is 0.324 e. The zero-order valence-corrected chi connectivity index (χ0v) is 13.3. The average molecular weight is 311 g/mol. The van der Waals surface area contributed by atoms with E-state index in [-0.39, 0.29) is 4.90 Å². The number of nitrogens with two attached hydrogens (primary N) is 1. The molecule has 6 heteroatoms. The first-order chi connectivity index (χ1) is 10.0. The van der Waals surface area contributed by atoms with E-state index in [1.165, 1.54) is 19.3 Å². The second-order valence-electron chi connectivity index (χ2n) is 5.82. The highest BCUT2D eigenvalue weighted by Gasteiger charge is 2.22. The van der Waals surface area contributed by atoms with Crippen molar-refractivity contribution >= 4 is 15.7 Å². The lowest BCUT2D eigenvalue weighted by molar-refractivity contribution is 0.270. The van der Waals surface area contributed by atoms with Crippen molar-refractivity contribution in [1.29, 1.82) is 0 Å². The molecule has 1 fully saturated rings. The molecule has 0 amide bonds. The van der Waals surface area contributed by atoms with Crippen LogP contribution in [0.15, 0.2) is 29.2 Å². The van der Waals surface area contributed by atoms with Crippen molar-refractivity contribution in [2.45, 2.75) is 43.9 Å². The van der Waals surface area contributed by atoms with E-state index in [0.29, 0.717) is 18.2 Å². The second-order valence-corrected chi connectivity index (χ2v) is 7.58. The number of rotatable bonds is 6. The second kappa shape index (κ2) is 7.24. The van der Waals surface area contributed by atoms with E-state index in [9.17, 15) is 8.42 Å². The highest BCUT2D eigenvalue weighted by Crippen LogP contribution is 2.30. The minimum Gasteiger partial charge on any atom is -0.324 e. The van der Waals surface area contributed by atoms with E-state index in [1.807, 2.05) is 0 Å². The molecule has 1 aromatic rings. The molecule has 21 heavy (non-hydrogen) atoms. The third-order valence-electron chi connectivity index (χ3n) is 4.44. The summed E-state index contributed by atoms with van der Waals surface area (Å²) in [4.78, 5) is 0.281. The Kier molecular flexibility index (Phi) is 5.61. The van der Waals surface area contributed by atoms with Gasteiger partial charge in [-0.3, -0.25) is 5.84 Å². The van der Waals surface area contributed by atoms with Crippen LogP contribution in [0, 0.1) is 11.8 Å². The quantitative estimate of drug-likeness (QED) is 0.556. The van der Waals surface area contributed by atoms with Crippen LogP contribution in [0.4, 0.5) is 5.69 Å². The average Bonchev–Trinajstić information content (AvgIpc) is 2.53. The molecule has 1 aliphatic rings. The van der Waals surface area contributed by atoms with E-state index in [2.05, 4.69) is 17.1 Å². The van der Waals surface area contributed by atoms with Gasteiger partial charge in [0.2, 0.25) is 10.0 Å². The Morgan fingerprint density at radius 1 is 1.10 bits per heavy atom. The molecular formula is C15H25N3O2S. The van der Waals surface area contributed by atoms with Crippen LogP contribution in [0.5, 0.6) is 0 Å². The topological polar surface area (TPSA) is 84.2 Å². The maximum atomic E-state index is 12.2. The lowest BCUT2D eigenvalue weighted by atomic mass is 9.81. The number of nitrogen functional groups attached to an aromatic ring is 1. The lowest BCUT2D eigenvalue weighted by Gasteiger charge is -2.27. The Balaban J connectivity index is 1.89. The summed E-state index contributed by atoms with van der Waals surface area (Å²) in [6.07, 6.45) is 5.92. The molecule has 5 nitrogen and oxygen atoms in total. The predicted molar refractivity (Wildman–Crippen MR) is 85.2 cm³/mol. The Hall–Kier alpha value is -1.11. The molecule has 0 atom stereocenters. The number of anilines is 1. The third kappa shape index (κ3) is 4.43. The van der Waals surface area contributed by atoms with E-state index in [1.54, 1.807) is 24.3 Å². The summed E-state index contributed by atoms with van der Waals surface area (Å²) >= 11 is 0. The number of benzene rings is 1. The van der Waals surface area contributed by atoms with Crippen molar-refractivity contribution in [3.63, 3.8) is 0 Å². The zero-order chi connectivity index (χ0) is 15.3. The summed E-state index contributed by atoms with van der Waals surface area (Å²) in [7, 11) is -3.42. The number of hydrogen-bond acceptors (Lipinski definition) is 4. The van der Waals surface area contributed by atoms with Crippen molar-refractivity contribution in [2.75, 3.05) is 12.0 Å². The van der Waals surface area contributed by atoms with Crippen molar-refractivity contribution in [2.24, 2.45) is 17.7 Å². The van der Waals surface area contributed by atoms with Gasteiger partial charge in [-0.1, -0.05) is 26.2 Å². The first-order valence-electron chi connectivity index (χ1n) is 7.61. The Labute approximate surface area is 127 Å². The molecule has 1 aromatic carbocycles. The van der Waals surface area contributed by atoms with Crippen molar-refractivity contribution in [3.8, 4) is 0 Å². The van der Waals surface area contributed by atoms with Crippen LogP contribution in [0.25, 0.3) is 0 Å². The minimum absolute atomic E-state index is 0.281. The molecule has 0 spiro atoms. The molecule has 0 heterocycles. The molecule has 1 aliphatic carbocycles. The standard InChI is InChI=1S/C15H25N3O2S/c1-2-12-3-5-13(6-4-12)11-17-21(19,20)15-9-7-14(18-16)8-10-15/h7-10,12-13,17-18H,2-6,11,16H2,1H3. The Bertz CT molecular complexity index is 535. The smallest absolute Gasteiger partial charge is 0.240 e. The first-order valence-corrected chi connectivity index (χ1v) is 9.09. The van der Waals surface area contributed by atoms with Crippen LogP contribution in [0.3, 0.4) is 0 Å². The number of hydrazine groups is 1. The van der Waals surface area contributed by atoms with Gasteiger partial charge >= 0.3 is 0 Å². The van der Waals surface area contributed by atoms with Crippen molar-refractivity contribution in [1.82, 2.24) is 4.72 Å². The van der Waals surface area contributed by atoms with E-state index in [0.717, 1.165) is 18.8 Å². The molecule has 2 rings (SSSR count). The van der Waals surface area contributed by atoms with Gasteiger partial charge in [-0.2, -0.15) is 0 Å². The van der Waals surface area contributed by atoms with Gasteiger partial charge in [0.1, 0.15) is 0 Å². The molecule has 0 aromatic heterocycles. The summed E-state index contributed by atoms with van der Waals surface area (Å²) in [5.41, 5.74) is 3.17. The highest BCUT2D eigenvalue weighted by molar-refractivity contribution is 7.89. The lowest BCUT2D eigenvalue weighted by Crippen LogP contribution is -2.31. The van der Waals surface area contributed by atoms with E-state index < -0.39 is 10.0 Å². The van der Waals surface area contributed by atoms with Gasteiger partial charge in [0.05, 0.1) is 4.90 Å². The summed E-state index contributed by atoms with van der Waals surface area (Å²) in [6.45, 7) is 2.77. The molecular weight excluding hydrogens is 286 g/mol. The maximum Gasteiger partial charge on any atom is 0.240 e. The SMILES string of the molecule is CCC1CCC(CNS(=O)(=O)c2ccc(NN)cc2)CC1. The van der Waals surface area contributed by atoms with Crippen LogP contribution in [0.2, 0.25) is 0 Å². The van der Waals surface area contributed by atoms with Crippen LogP contribution < -0.4 is 16.0 Å². The fourth-order valence-electron chi connectivity index (χ4n) is 2.89. The monoisotopic (exact) mass is 311 g/mol. The van der Waals surface area contributed by atoms with Crippen LogP contribution in [-0.2, 0) is 10.0 Å². The third-order valence-corrected chi connectivity index (χ3v) is 5.88. The predicted octanol–water partition coefficient (Wildman–Crippen LogP) is 2.47. The Morgan fingerprint density at radius 2 is 1.67 bits per heavy atom. The summed E-state index contributed by atoms with van der Waals surface area (Å²) in [5.74, 6) is 6.57. The first kappa shape index (κ1) is 16.3. The highest BCUT2D eigenvalue weighted by atomic mass is 32.2. The van der Waals surface area contributed by atoms with Crippen LogP contribution >= 0.6 is 0 Å². The molecule has 0 bridgehead atoms. The van der Waals surface area contributed by atoms with Gasteiger partial charge in [-0.05, 0) is 48.9 Å². The molecule has 0 unspecified atom stereocenters. The summed E-state index contributed by atoms with van der Waals surface area (Å²) in [5, 5.41) is 0. The van der Waals surface area contributed by atoms with Crippen molar-refractivity contribution < 1.29 is 8.42 Å². The molecule has 118 valence electrons. The van der Waals surface area contributed by atoms with Gasteiger partial charge in [-0.15, -0.1) is 0 Å². The minimum atomic E-state index is -3.42. The van der Waals surface area contributed by atoms with Gasteiger partial charge in [-0.25, -0.2) is 13.1 Å². The Morgan fingerprint density at radius 3 is 2.19 bits per heavy atom. The van der Waals surface area contributed by atoms with E-state index in [4.69, 9.17) is 5.84 Å². The molecule has 0 radical (unpaired) electrons. The molecule has 1 saturated carbocycles. The normalized spacial score (nSPS) is 23.0. The molecule has 0 saturated heterocycles. The van der Waals surface area contributed by atoms with Crippen LogP contribution in [-0.4, -0.2) is 15.0 Å². The zero-order valence-electron chi connectivity index (χ0n) is 12.5. The number of nitrogens with one attached hydrogen (secondary N) is 2. The summed E-state index contributed by atoms with van der Waals surface area (Å²) in [6, 6.07) is 6.43.